The van der Waals surface area contributed by atoms with E-state index in [4.69, 9.17) is 10.4 Å². The number of anilines is 1. The molecule has 0 radical (unpaired) electrons. The molecule has 6 heteroatoms. The van der Waals surface area contributed by atoms with Crippen molar-refractivity contribution in [2.75, 3.05) is 18.5 Å². The van der Waals surface area contributed by atoms with Crippen LogP contribution in [-0.2, 0) is 0 Å². The predicted octanol–water partition coefficient (Wildman–Crippen LogP) is 2.29. The summed E-state index contributed by atoms with van der Waals surface area (Å²) in [5.41, 5.74) is 0.541. The summed E-state index contributed by atoms with van der Waals surface area (Å²) in [6.45, 7) is 2.85. The number of nitrogens with zero attached hydrogens (tertiary/aromatic N) is 2. The van der Waals surface area contributed by atoms with Crippen molar-refractivity contribution in [1.29, 1.82) is 5.26 Å². The van der Waals surface area contributed by atoms with Crippen molar-refractivity contribution in [1.82, 2.24) is 0 Å². The lowest BCUT2D eigenvalue weighted by Crippen LogP contribution is -2.15. The van der Waals surface area contributed by atoms with E-state index in [0.717, 1.165) is 6.42 Å². The Labute approximate surface area is 111 Å². The minimum absolute atomic E-state index is 0.0465. The van der Waals surface area contributed by atoms with Gasteiger partial charge < -0.3 is 10.4 Å². The Morgan fingerprint density at radius 3 is 2.84 bits per heavy atom. The van der Waals surface area contributed by atoms with Crippen molar-refractivity contribution in [3.8, 4) is 6.07 Å². The van der Waals surface area contributed by atoms with Gasteiger partial charge in [-0.25, -0.2) is 0 Å². The highest BCUT2D eigenvalue weighted by atomic mass is 16.6. The molecule has 0 saturated carbocycles. The van der Waals surface area contributed by atoms with E-state index in [1.807, 2.05) is 13.0 Å². The maximum atomic E-state index is 10.7. The van der Waals surface area contributed by atoms with Crippen LogP contribution in [0.5, 0.6) is 0 Å². The fourth-order valence-corrected chi connectivity index (χ4v) is 1.79. The Morgan fingerprint density at radius 1 is 1.58 bits per heavy atom. The van der Waals surface area contributed by atoms with Gasteiger partial charge in [-0.1, -0.05) is 13.3 Å². The molecule has 1 rings (SSSR count). The average molecular weight is 263 g/mol. The van der Waals surface area contributed by atoms with Crippen molar-refractivity contribution >= 4 is 11.4 Å². The number of aliphatic hydroxyl groups excluding tert-OH is 1. The second kappa shape index (κ2) is 7.34. The maximum absolute atomic E-state index is 10.7. The van der Waals surface area contributed by atoms with Crippen LogP contribution in [0.15, 0.2) is 18.2 Å². The van der Waals surface area contributed by atoms with Crippen LogP contribution in [0.25, 0.3) is 0 Å². The van der Waals surface area contributed by atoms with Crippen molar-refractivity contribution in [2.45, 2.75) is 19.8 Å². The van der Waals surface area contributed by atoms with E-state index < -0.39 is 4.92 Å². The molecule has 1 aromatic carbocycles. The van der Waals surface area contributed by atoms with E-state index in [2.05, 4.69) is 5.32 Å². The van der Waals surface area contributed by atoms with E-state index in [1.54, 1.807) is 6.07 Å². The van der Waals surface area contributed by atoms with E-state index in [1.165, 1.54) is 12.1 Å². The van der Waals surface area contributed by atoms with Crippen molar-refractivity contribution in [3.05, 3.63) is 33.9 Å². The number of aliphatic hydroxyl groups is 1. The first-order valence-electron chi connectivity index (χ1n) is 6.15. The SMILES string of the molecule is CCC(CCO)CNc1ccc([N+](=O)[O-])c(C#N)c1. The Balaban J connectivity index is 2.75. The first-order valence-corrected chi connectivity index (χ1v) is 6.15. The van der Waals surface area contributed by atoms with E-state index >= 15 is 0 Å². The van der Waals surface area contributed by atoms with Crippen LogP contribution in [0, 0.1) is 27.4 Å². The van der Waals surface area contributed by atoms with Gasteiger partial charge in [0.05, 0.1) is 4.92 Å². The number of benzene rings is 1. The van der Waals surface area contributed by atoms with Gasteiger partial charge >= 0.3 is 0 Å². The Bertz CT molecular complexity index is 483. The average Bonchev–Trinajstić information content (AvgIpc) is 2.42. The Hall–Kier alpha value is -2.13. The van der Waals surface area contributed by atoms with Crippen LogP contribution in [-0.4, -0.2) is 23.2 Å². The van der Waals surface area contributed by atoms with E-state index in [9.17, 15) is 10.1 Å². The van der Waals surface area contributed by atoms with E-state index in [-0.39, 0.29) is 17.9 Å². The van der Waals surface area contributed by atoms with Crippen molar-refractivity contribution in [2.24, 2.45) is 5.92 Å². The van der Waals surface area contributed by atoms with Crippen LogP contribution in [0.1, 0.15) is 25.3 Å². The van der Waals surface area contributed by atoms with Crippen LogP contribution in [0.3, 0.4) is 0 Å². The molecular weight excluding hydrogens is 246 g/mol. The number of rotatable bonds is 7. The molecule has 0 spiro atoms. The minimum atomic E-state index is -0.567. The van der Waals surface area contributed by atoms with Gasteiger partial charge in [-0.05, 0) is 24.5 Å². The number of nitriles is 1. The maximum Gasteiger partial charge on any atom is 0.287 e. The third-order valence-electron chi connectivity index (χ3n) is 3.02. The largest absolute Gasteiger partial charge is 0.396 e. The fourth-order valence-electron chi connectivity index (χ4n) is 1.79. The van der Waals surface area contributed by atoms with Crippen LogP contribution >= 0.6 is 0 Å². The van der Waals surface area contributed by atoms with Gasteiger partial charge in [0.2, 0.25) is 0 Å². The molecule has 0 aromatic heterocycles. The summed E-state index contributed by atoms with van der Waals surface area (Å²) in [6.07, 6.45) is 1.65. The van der Waals surface area contributed by atoms with Crippen LogP contribution in [0.4, 0.5) is 11.4 Å². The van der Waals surface area contributed by atoms with Crippen molar-refractivity contribution < 1.29 is 10.0 Å². The number of nitro benzene ring substituents is 1. The molecule has 0 saturated heterocycles. The fraction of sp³-hybridized carbons (Fsp3) is 0.462. The van der Waals surface area contributed by atoms with Gasteiger partial charge in [-0.2, -0.15) is 5.26 Å². The zero-order valence-electron chi connectivity index (χ0n) is 10.8. The summed E-state index contributed by atoms with van der Waals surface area (Å²) in [7, 11) is 0. The number of nitro groups is 1. The Morgan fingerprint density at radius 2 is 2.32 bits per heavy atom. The molecular formula is C13H17N3O3. The number of hydrogen-bond donors (Lipinski definition) is 2. The molecule has 6 nitrogen and oxygen atoms in total. The van der Waals surface area contributed by atoms with E-state index in [0.29, 0.717) is 24.6 Å². The first-order chi connectivity index (χ1) is 9.12. The summed E-state index contributed by atoms with van der Waals surface area (Å²) in [4.78, 5) is 10.1. The number of hydrogen-bond acceptors (Lipinski definition) is 5. The molecule has 2 N–H and O–H groups in total. The lowest BCUT2D eigenvalue weighted by Gasteiger charge is -2.15. The van der Waals surface area contributed by atoms with Gasteiger partial charge in [0.25, 0.3) is 5.69 Å². The van der Waals surface area contributed by atoms with Gasteiger partial charge in [0, 0.05) is 24.9 Å². The van der Waals surface area contributed by atoms with Crippen LogP contribution < -0.4 is 5.32 Å². The highest BCUT2D eigenvalue weighted by Crippen LogP contribution is 2.22. The monoisotopic (exact) mass is 263 g/mol. The minimum Gasteiger partial charge on any atom is -0.396 e. The Kier molecular flexibility index (Phi) is 5.76. The first kappa shape index (κ1) is 14.9. The number of nitrogens with one attached hydrogen (secondary N) is 1. The molecule has 102 valence electrons. The zero-order chi connectivity index (χ0) is 14.3. The highest BCUT2D eigenvalue weighted by molar-refractivity contribution is 5.58. The summed E-state index contributed by atoms with van der Waals surface area (Å²) in [5.74, 6) is 0.339. The van der Waals surface area contributed by atoms with Gasteiger partial charge in [-0.15, -0.1) is 0 Å². The lowest BCUT2D eigenvalue weighted by molar-refractivity contribution is -0.385. The molecule has 19 heavy (non-hydrogen) atoms. The van der Waals surface area contributed by atoms with Crippen molar-refractivity contribution in [3.63, 3.8) is 0 Å². The molecule has 0 aliphatic heterocycles. The quantitative estimate of drug-likeness (QED) is 0.580. The van der Waals surface area contributed by atoms with Gasteiger partial charge in [0.1, 0.15) is 11.6 Å². The second-order valence-electron chi connectivity index (χ2n) is 4.27. The molecule has 0 aliphatic carbocycles. The standard InChI is InChI=1S/C13H17N3O3/c1-2-10(5-6-17)9-15-12-3-4-13(16(18)19)11(7-12)8-14/h3-4,7,10,15,17H,2,5-6,9H2,1H3. The summed E-state index contributed by atoms with van der Waals surface area (Å²) >= 11 is 0. The van der Waals surface area contributed by atoms with Gasteiger partial charge in [-0.3, -0.25) is 10.1 Å². The molecule has 0 fully saturated rings. The van der Waals surface area contributed by atoms with Gasteiger partial charge in [0.15, 0.2) is 0 Å². The molecule has 1 atom stereocenters. The second-order valence-corrected chi connectivity index (χ2v) is 4.27. The zero-order valence-corrected chi connectivity index (χ0v) is 10.8. The molecule has 0 amide bonds. The molecule has 0 bridgehead atoms. The molecule has 0 heterocycles. The molecule has 0 aliphatic rings. The molecule has 1 aromatic rings. The predicted molar refractivity (Wildman–Crippen MR) is 71.8 cm³/mol. The highest BCUT2D eigenvalue weighted by Gasteiger charge is 2.14. The molecule has 1 unspecified atom stereocenters. The topological polar surface area (TPSA) is 99.2 Å². The summed E-state index contributed by atoms with van der Waals surface area (Å²) in [6, 6.07) is 6.21. The van der Waals surface area contributed by atoms with Crippen LogP contribution in [0.2, 0.25) is 0 Å². The lowest BCUT2D eigenvalue weighted by atomic mass is 10.0. The summed E-state index contributed by atoms with van der Waals surface area (Å²) in [5, 5.41) is 31.6. The third-order valence-corrected chi connectivity index (χ3v) is 3.02. The normalized spacial score (nSPS) is 11.6. The smallest absolute Gasteiger partial charge is 0.287 e. The third kappa shape index (κ3) is 4.23. The summed E-state index contributed by atoms with van der Waals surface area (Å²) < 4.78 is 0.